The Morgan fingerprint density at radius 1 is 1.24 bits per heavy atom. The molecule has 0 saturated heterocycles. The predicted octanol–water partition coefficient (Wildman–Crippen LogP) is 2.29. The summed E-state index contributed by atoms with van der Waals surface area (Å²) in [5, 5.41) is 3.34. The maximum absolute atomic E-state index is 5.31. The molecule has 0 radical (unpaired) electrons. The summed E-state index contributed by atoms with van der Waals surface area (Å²) < 4.78 is 0. The lowest BCUT2D eigenvalue weighted by Crippen LogP contribution is -2.09. The maximum Gasteiger partial charge on any atom is 0.141 e. The summed E-state index contributed by atoms with van der Waals surface area (Å²) in [6, 6.07) is 12.1. The van der Waals surface area contributed by atoms with Crippen LogP contribution >= 0.6 is 0 Å². The lowest BCUT2D eigenvalue weighted by Gasteiger charge is -2.09. The number of nitrogens with one attached hydrogen (secondary N) is 2. The van der Waals surface area contributed by atoms with Crippen molar-refractivity contribution in [2.24, 2.45) is 5.84 Å². The number of benzene rings is 1. The summed E-state index contributed by atoms with van der Waals surface area (Å²) >= 11 is 0. The molecule has 0 aliphatic carbocycles. The van der Waals surface area contributed by atoms with Crippen LogP contribution in [0, 0.1) is 6.92 Å². The van der Waals surface area contributed by atoms with Crippen LogP contribution in [0.4, 0.5) is 11.5 Å². The molecule has 1 aromatic heterocycles. The quantitative estimate of drug-likeness (QED) is 0.555. The first-order valence-electron chi connectivity index (χ1n) is 5.50. The molecule has 0 spiro atoms. The minimum Gasteiger partial charge on any atom is -0.381 e. The van der Waals surface area contributed by atoms with Crippen LogP contribution in [0.25, 0.3) is 0 Å². The molecule has 0 saturated carbocycles. The van der Waals surface area contributed by atoms with E-state index in [0.29, 0.717) is 5.82 Å². The molecule has 0 bridgehead atoms. The van der Waals surface area contributed by atoms with Crippen molar-refractivity contribution in [3.8, 4) is 0 Å². The number of nitrogens with zero attached hydrogens (tertiary/aromatic N) is 1. The first-order valence-corrected chi connectivity index (χ1v) is 5.50. The molecule has 1 aromatic carbocycles. The number of hydrazine groups is 1. The van der Waals surface area contributed by atoms with E-state index in [1.54, 1.807) is 6.20 Å². The molecule has 4 nitrogen and oxygen atoms in total. The Morgan fingerprint density at radius 2 is 2.06 bits per heavy atom. The minimum absolute atomic E-state index is 0.653. The number of hydrogen-bond acceptors (Lipinski definition) is 4. The second kappa shape index (κ2) is 5.32. The van der Waals surface area contributed by atoms with Gasteiger partial charge in [-0.1, -0.05) is 24.3 Å². The van der Waals surface area contributed by atoms with Crippen molar-refractivity contribution in [2.45, 2.75) is 13.5 Å². The van der Waals surface area contributed by atoms with Gasteiger partial charge >= 0.3 is 0 Å². The molecule has 0 unspecified atom stereocenters. The molecule has 2 aromatic rings. The zero-order valence-corrected chi connectivity index (χ0v) is 9.77. The maximum atomic E-state index is 5.31. The minimum atomic E-state index is 0.653. The molecule has 88 valence electrons. The number of nitrogens with two attached hydrogens (primary N) is 1. The van der Waals surface area contributed by atoms with E-state index >= 15 is 0 Å². The van der Waals surface area contributed by atoms with Crippen molar-refractivity contribution < 1.29 is 0 Å². The van der Waals surface area contributed by atoms with E-state index < -0.39 is 0 Å². The van der Waals surface area contributed by atoms with Crippen LogP contribution in [0.15, 0.2) is 42.6 Å². The van der Waals surface area contributed by atoms with Crippen LogP contribution in [0.5, 0.6) is 0 Å². The van der Waals surface area contributed by atoms with Crippen molar-refractivity contribution in [3.63, 3.8) is 0 Å². The number of aromatic nitrogens is 1. The molecule has 0 amide bonds. The van der Waals surface area contributed by atoms with E-state index in [4.69, 9.17) is 5.84 Å². The van der Waals surface area contributed by atoms with Crippen molar-refractivity contribution >= 4 is 11.5 Å². The fourth-order valence-electron chi connectivity index (χ4n) is 1.63. The van der Waals surface area contributed by atoms with Crippen LogP contribution in [0.2, 0.25) is 0 Å². The number of pyridine rings is 1. The van der Waals surface area contributed by atoms with Gasteiger partial charge in [0.15, 0.2) is 0 Å². The number of nitrogen functional groups attached to an aromatic ring is 1. The predicted molar refractivity (Wildman–Crippen MR) is 70.6 cm³/mol. The van der Waals surface area contributed by atoms with Gasteiger partial charge in [0.1, 0.15) is 5.82 Å². The summed E-state index contributed by atoms with van der Waals surface area (Å²) in [4.78, 5) is 4.05. The van der Waals surface area contributed by atoms with Gasteiger partial charge in [-0.15, -0.1) is 0 Å². The largest absolute Gasteiger partial charge is 0.381 e. The molecule has 0 aliphatic heterocycles. The van der Waals surface area contributed by atoms with E-state index in [2.05, 4.69) is 34.8 Å². The highest BCUT2D eigenvalue weighted by Gasteiger charge is 1.98. The highest BCUT2D eigenvalue weighted by atomic mass is 15.2. The third-order valence-electron chi connectivity index (χ3n) is 2.65. The smallest absolute Gasteiger partial charge is 0.141 e. The normalized spacial score (nSPS) is 10.0. The molecule has 0 aliphatic rings. The van der Waals surface area contributed by atoms with Crippen molar-refractivity contribution in [2.75, 3.05) is 10.7 Å². The lowest BCUT2D eigenvalue weighted by atomic mass is 10.1. The Labute approximate surface area is 101 Å². The fourth-order valence-corrected chi connectivity index (χ4v) is 1.63. The Hall–Kier alpha value is -2.07. The third-order valence-corrected chi connectivity index (χ3v) is 2.65. The summed E-state index contributed by atoms with van der Waals surface area (Å²) in [5.74, 6) is 5.96. The lowest BCUT2D eigenvalue weighted by molar-refractivity contribution is 1.11. The first-order chi connectivity index (χ1) is 8.29. The van der Waals surface area contributed by atoms with Gasteiger partial charge in [-0.25, -0.2) is 10.8 Å². The average Bonchev–Trinajstić information content (AvgIpc) is 2.38. The summed E-state index contributed by atoms with van der Waals surface area (Å²) in [7, 11) is 0. The van der Waals surface area contributed by atoms with E-state index in [0.717, 1.165) is 12.2 Å². The van der Waals surface area contributed by atoms with Gasteiger partial charge in [-0.05, 0) is 24.1 Å². The van der Waals surface area contributed by atoms with Gasteiger partial charge in [0, 0.05) is 24.5 Å². The van der Waals surface area contributed by atoms with E-state index in [-0.39, 0.29) is 0 Å². The molecule has 0 atom stereocenters. The van der Waals surface area contributed by atoms with Crippen molar-refractivity contribution in [1.29, 1.82) is 0 Å². The molecule has 17 heavy (non-hydrogen) atoms. The van der Waals surface area contributed by atoms with Crippen LogP contribution in [0.1, 0.15) is 11.1 Å². The number of hydrogen-bond donors (Lipinski definition) is 3. The van der Waals surface area contributed by atoms with Crippen LogP contribution < -0.4 is 16.6 Å². The van der Waals surface area contributed by atoms with Crippen LogP contribution in [-0.2, 0) is 6.54 Å². The second-order valence-corrected chi connectivity index (χ2v) is 3.85. The monoisotopic (exact) mass is 228 g/mol. The Balaban J connectivity index is 2.05. The highest BCUT2D eigenvalue weighted by molar-refractivity contribution is 5.51. The molecule has 0 fully saturated rings. The Bertz CT molecular complexity index is 496. The van der Waals surface area contributed by atoms with Gasteiger partial charge in [-0.3, -0.25) is 0 Å². The molecule has 2 rings (SSSR count). The van der Waals surface area contributed by atoms with E-state index in [9.17, 15) is 0 Å². The summed E-state index contributed by atoms with van der Waals surface area (Å²) in [6.07, 6.45) is 1.72. The zero-order valence-electron chi connectivity index (χ0n) is 9.77. The van der Waals surface area contributed by atoms with Gasteiger partial charge in [-0.2, -0.15) is 0 Å². The Morgan fingerprint density at radius 3 is 2.82 bits per heavy atom. The molecular formula is C13H16N4. The van der Waals surface area contributed by atoms with Crippen molar-refractivity contribution in [3.05, 3.63) is 53.7 Å². The van der Waals surface area contributed by atoms with Gasteiger partial charge in [0.2, 0.25) is 0 Å². The fraction of sp³-hybridized carbons (Fsp3) is 0.154. The molecule has 1 heterocycles. The highest BCUT2D eigenvalue weighted by Crippen LogP contribution is 2.14. The average molecular weight is 228 g/mol. The number of aryl methyl sites for hydroxylation is 1. The van der Waals surface area contributed by atoms with Gasteiger partial charge in [0.25, 0.3) is 0 Å². The van der Waals surface area contributed by atoms with Crippen LogP contribution in [0.3, 0.4) is 0 Å². The van der Waals surface area contributed by atoms with E-state index in [1.165, 1.54) is 11.1 Å². The van der Waals surface area contributed by atoms with Gasteiger partial charge in [0.05, 0.1) is 0 Å². The number of rotatable bonds is 4. The molecule has 4 heteroatoms. The zero-order chi connectivity index (χ0) is 12.1. The molecular weight excluding hydrogens is 212 g/mol. The van der Waals surface area contributed by atoms with Crippen molar-refractivity contribution in [1.82, 2.24) is 4.98 Å². The first kappa shape index (κ1) is 11.4. The summed E-state index contributed by atoms with van der Waals surface area (Å²) in [5.41, 5.74) is 6.09. The molecule has 4 N–H and O–H groups in total. The van der Waals surface area contributed by atoms with E-state index in [1.807, 2.05) is 24.3 Å². The SMILES string of the molecule is Cc1ccccc1CNc1ccnc(NN)c1. The number of anilines is 2. The van der Waals surface area contributed by atoms with Gasteiger partial charge < -0.3 is 10.7 Å². The Kier molecular flexibility index (Phi) is 3.57. The third kappa shape index (κ3) is 2.95. The van der Waals surface area contributed by atoms with Crippen LogP contribution in [-0.4, -0.2) is 4.98 Å². The topological polar surface area (TPSA) is 63.0 Å². The second-order valence-electron chi connectivity index (χ2n) is 3.85. The summed E-state index contributed by atoms with van der Waals surface area (Å²) in [6.45, 7) is 2.90. The standard InChI is InChI=1S/C13H16N4/c1-10-4-2-3-5-11(10)9-16-12-6-7-15-13(8-12)17-14/h2-8H,9,14H2,1H3,(H2,15,16,17).